The van der Waals surface area contributed by atoms with Crippen LogP contribution in [0.5, 0.6) is 0 Å². The fourth-order valence-corrected chi connectivity index (χ4v) is 4.78. The van der Waals surface area contributed by atoms with Gasteiger partial charge in [0.2, 0.25) is 17.7 Å². The molecule has 1 fully saturated rings. The van der Waals surface area contributed by atoms with Crippen molar-refractivity contribution in [3.05, 3.63) is 60.2 Å². The summed E-state index contributed by atoms with van der Waals surface area (Å²) < 4.78 is 5.66. The minimum absolute atomic E-state index is 0.00693. The van der Waals surface area contributed by atoms with Crippen molar-refractivity contribution in [1.82, 2.24) is 30.8 Å². The van der Waals surface area contributed by atoms with Crippen molar-refractivity contribution in [2.45, 2.75) is 77.7 Å². The summed E-state index contributed by atoms with van der Waals surface area (Å²) in [5, 5.41) is 8.06. The number of ether oxygens (including phenoxy) is 1. The van der Waals surface area contributed by atoms with Crippen molar-refractivity contribution in [3.8, 4) is 0 Å². The van der Waals surface area contributed by atoms with Crippen LogP contribution in [0.1, 0.15) is 68.3 Å². The summed E-state index contributed by atoms with van der Waals surface area (Å²) in [4.78, 5) is 86.8. The van der Waals surface area contributed by atoms with Crippen molar-refractivity contribution in [2.75, 3.05) is 6.54 Å². The Labute approximate surface area is 256 Å². The summed E-state index contributed by atoms with van der Waals surface area (Å²) in [5.74, 6) is -3.68. The fourth-order valence-electron chi connectivity index (χ4n) is 4.78. The molecule has 2 aromatic rings. The maximum Gasteiger partial charge on any atom is 0.338 e. The van der Waals surface area contributed by atoms with Crippen molar-refractivity contribution in [3.63, 3.8) is 0 Å². The third-order valence-electron chi connectivity index (χ3n) is 7.33. The highest BCUT2D eigenvalue weighted by Crippen LogP contribution is 2.24. The van der Waals surface area contributed by atoms with Gasteiger partial charge in [0, 0.05) is 18.8 Å². The summed E-state index contributed by atoms with van der Waals surface area (Å²) >= 11 is 0. The first kappa shape index (κ1) is 33.8. The Morgan fingerprint density at radius 1 is 0.977 bits per heavy atom. The Hall–Kier alpha value is -4.68. The van der Waals surface area contributed by atoms with Crippen LogP contribution >= 0.6 is 0 Å². The van der Waals surface area contributed by atoms with E-state index in [4.69, 9.17) is 4.74 Å². The number of nitrogens with zero attached hydrogens (tertiary/aromatic N) is 3. The molecule has 4 amide bonds. The molecule has 5 atom stereocenters. The summed E-state index contributed by atoms with van der Waals surface area (Å²) in [6, 6.07) is 4.44. The Bertz CT molecular complexity index is 1320. The van der Waals surface area contributed by atoms with Crippen LogP contribution in [0.2, 0.25) is 0 Å². The molecule has 0 radical (unpaired) electrons. The van der Waals surface area contributed by atoms with E-state index in [0.717, 1.165) is 0 Å². The number of aromatic nitrogens is 2. The van der Waals surface area contributed by atoms with Crippen molar-refractivity contribution < 1.29 is 33.5 Å². The van der Waals surface area contributed by atoms with Crippen LogP contribution in [0.25, 0.3) is 0 Å². The fraction of sp³-hybridized carbons (Fsp3) is 0.484. The molecule has 1 saturated heterocycles. The minimum Gasteiger partial charge on any atom is -0.457 e. The van der Waals surface area contributed by atoms with Gasteiger partial charge in [0.1, 0.15) is 36.2 Å². The number of carbonyl (C=O) groups is 6. The molecule has 13 nitrogen and oxygen atoms in total. The second kappa shape index (κ2) is 15.7. The van der Waals surface area contributed by atoms with Gasteiger partial charge in [0.05, 0.1) is 24.3 Å². The molecule has 0 aliphatic carbocycles. The molecular weight excluding hydrogens is 568 g/mol. The number of esters is 1. The summed E-state index contributed by atoms with van der Waals surface area (Å²) in [5.41, 5.74) is 0.353. The largest absolute Gasteiger partial charge is 0.457 e. The smallest absolute Gasteiger partial charge is 0.338 e. The molecule has 1 unspecified atom stereocenters. The van der Waals surface area contributed by atoms with Gasteiger partial charge in [0.25, 0.3) is 5.91 Å². The summed E-state index contributed by atoms with van der Waals surface area (Å²) in [6.07, 6.45) is 4.22. The number of amides is 4. The lowest BCUT2D eigenvalue weighted by atomic mass is 9.98. The van der Waals surface area contributed by atoms with Gasteiger partial charge in [-0.2, -0.15) is 0 Å². The molecule has 44 heavy (non-hydrogen) atoms. The Morgan fingerprint density at radius 3 is 2.23 bits per heavy atom. The van der Waals surface area contributed by atoms with Gasteiger partial charge < -0.3 is 30.4 Å². The predicted molar refractivity (Wildman–Crippen MR) is 159 cm³/mol. The van der Waals surface area contributed by atoms with Gasteiger partial charge in [-0.25, -0.2) is 9.78 Å². The number of likely N-dealkylation sites (tertiary alicyclic amines) is 1. The molecule has 1 aliphatic heterocycles. The van der Waals surface area contributed by atoms with Crippen molar-refractivity contribution in [1.29, 1.82) is 0 Å². The van der Waals surface area contributed by atoms with Crippen LogP contribution in [0, 0.1) is 11.8 Å². The maximum atomic E-state index is 14.0. The highest BCUT2D eigenvalue weighted by molar-refractivity contribution is 5.98. The minimum atomic E-state index is -1.08. The van der Waals surface area contributed by atoms with E-state index in [1.165, 1.54) is 23.5 Å². The maximum absolute atomic E-state index is 14.0. The van der Waals surface area contributed by atoms with Crippen LogP contribution in [-0.4, -0.2) is 87.6 Å². The second-order valence-corrected chi connectivity index (χ2v) is 11.3. The molecule has 2 heterocycles. The molecule has 236 valence electrons. The van der Waals surface area contributed by atoms with Gasteiger partial charge in [-0.1, -0.05) is 52.8 Å². The molecule has 1 aliphatic rings. The predicted octanol–water partition coefficient (Wildman–Crippen LogP) is 1.29. The first-order valence-corrected chi connectivity index (χ1v) is 14.7. The average molecular weight is 609 g/mol. The average Bonchev–Trinajstić information content (AvgIpc) is 3.45. The Balaban J connectivity index is 1.82. The third-order valence-corrected chi connectivity index (χ3v) is 7.33. The third kappa shape index (κ3) is 8.68. The molecule has 3 rings (SSSR count). The number of aldehydes is 1. The lowest BCUT2D eigenvalue weighted by Gasteiger charge is -2.32. The topological polar surface area (TPSA) is 177 Å². The normalized spacial score (nSPS) is 18.2. The van der Waals surface area contributed by atoms with E-state index < -0.39 is 65.8 Å². The molecule has 0 spiro atoms. The molecule has 1 aromatic heterocycles. The number of hydrogen-bond donors (Lipinski definition) is 3. The number of rotatable bonds is 13. The van der Waals surface area contributed by atoms with Gasteiger partial charge in [0.15, 0.2) is 0 Å². The second-order valence-electron chi connectivity index (χ2n) is 11.3. The van der Waals surface area contributed by atoms with Crippen LogP contribution in [0.15, 0.2) is 48.9 Å². The van der Waals surface area contributed by atoms with Crippen molar-refractivity contribution in [2.24, 2.45) is 11.8 Å². The van der Waals surface area contributed by atoms with E-state index in [1.807, 2.05) is 0 Å². The monoisotopic (exact) mass is 608 g/mol. The van der Waals surface area contributed by atoms with Crippen LogP contribution in [0.3, 0.4) is 0 Å². The van der Waals surface area contributed by atoms with Crippen LogP contribution in [0.4, 0.5) is 0 Å². The van der Waals surface area contributed by atoms with E-state index in [2.05, 4.69) is 25.9 Å². The van der Waals surface area contributed by atoms with E-state index in [9.17, 15) is 28.8 Å². The SMILES string of the molecule is CCC(C=O)NC(=O)[C@@H]1C[C@@H](OC(=O)c2ccccc2)CN1C(=O)[C@H](NC(=O)[C@H](NC(=O)c1cnccn1)C(C)C)C(C)C. The summed E-state index contributed by atoms with van der Waals surface area (Å²) in [7, 11) is 0. The first-order valence-electron chi connectivity index (χ1n) is 14.7. The van der Waals surface area contributed by atoms with Crippen LogP contribution < -0.4 is 16.0 Å². The highest BCUT2D eigenvalue weighted by Gasteiger charge is 2.45. The van der Waals surface area contributed by atoms with Crippen LogP contribution in [-0.2, 0) is 23.9 Å². The summed E-state index contributed by atoms with van der Waals surface area (Å²) in [6.45, 7) is 8.61. The number of nitrogens with one attached hydrogen (secondary N) is 3. The Kier molecular flexibility index (Phi) is 12.1. The standard InChI is InChI=1S/C31H40N6O7/c1-6-21(17-38)34-28(40)24-14-22(44-31(43)20-10-8-7-9-11-20)16-37(24)30(42)26(19(4)5)36-29(41)25(18(2)3)35-27(39)23-15-32-12-13-33-23/h7-13,15,17-19,21-22,24-26H,6,14,16H2,1-5H3,(H,34,40)(H,35,39)(H,36,41)/t21?,22-,24+,25-,26-/m1/s1. The molecular formula is C31H40N6O7. The van der Waals surface area contributed by atoms with Crippen molar-refractivity contribution >= 4 is 35.9 Å². The molecule has 3 N–H and O–H groups in total. The zero-order valence-corrected chi connectivity index (χ0v) is 25.6. The molecule has 13 heteroatoms. The number of benzene rings is 1. The van der Waals surface area contributed by atoms with E-state index in [1.54, 1.807) is 65.0 Å². The Morgan fingerprint density at radius 2 is 1.66 bits per heavy atom. The molecule has 1 aromatic carbocycles. The van der Waals surface area contributed by atoms with Gasteiger partial charge in [-0.3, -0.25) is 24.2 Å². The first-order chi connectivity index (χ1) is 21.0. The van der Waals surface area contributed by atoms with Gasteiger partial charge in [-0.15, -0.1) is 0 Å². The highest BCUT2D eigenvalue weighted by atomic mass is 16.5. The number of carbonyl (C=O) groups excluding carboxylic acids is 6. The number of hydrogen-bond acceptors (Lipinski definition) is 9. The lowest BCUT2D eigenvalue weighted by Crippen LogP contribution is -2.59. The van der Waals surface area contributed by atoms with Gasteiger partial charge >= 0.3 is 5.97 Å². The van der Waals surface area contributed by atoms with E-state index >= 15 is 0 Å². The zero-order valence-electron chi connectivity index (χ0n) is 25.6. The van der Waals surface area contributed by atoms with E-state index in [-0.39, 0.29) is 24.6 Å². The lowest BCUT2D eigenvalue weighted by molar-refractivity contribution is -0.143. The zero-order chi connectivity index (χ0) is 32.4. The molecule has 0 bridgehead atoms. The quantitative estimate of drug-likeness (QED) is 0.223. The van der Waals surface area contributed by atoms with E-state index in [0.29, 0.717) is 18.3 Å². The van der Waals surface area contributed by atoms with Gasteiger partial charge in [-0.05, 0) is 30.4 Å². The molecule has 0 saturated carbocycles.